The van der Waals surface area contributed by atoms with Gasteiger partial charge in [-0.25, -0.2) is 0 Å². The zero-order chi connectivity index (χ0) is 21.2. The van der Waals surface area contributed by atoms with E-state index in [0.717, 1.165) is 25.7 Å². The fourth-order valence-corrected chi connectivity index (χ4v) is 7.63. The fraction of sp³-hybridized carbons (Fsp3) is 0.870. The molecule has 0 aromatic rings. The van der Waals surface area contributed by atoms with Gasteiger partial charge in [0.25, 0.3) is 0 Å². The summed E-state index contributed by atoms with van der Waals surface area (Å²) in [5, 5.41) is 12.1. The molecular formula is C23H34O6. The topological polar surface area (TPSA) is 89.9 Å². The first-order chi connectivity index (χ1) is 13.5. The van der Waals surface area contributed by atoms with Crippen molar-refractivity contribution in [2.75, 3.05) is 0 Å². The first kappa shape index (κ1) is 20.8. The van der Waals surface area contributed by atoms with Gasteiger partial charge >= 0.3 is 11.9 Å². The number of hydrogen-bond donors (Lipinski definition) is 1. The van der Waals surface area contributed by atoms with Crippen molar-refractivity contribution in [3.8, 4) is 0 Å². The molecule has 0 saturated heterocycles. The molecule has 1 N–H and O–H groups in total. The zero-order valence-electron chi connectivity index (χ0n) is 18.0. The molecule has 0 aromatic heterocycles. The van der Waals surface area contributed by atoms with Gasteiger partial charge in [0, 0.05) is 31.6 Å². The molecule has 0 heterocycles. The minimum Gasteiger partial charge on any atom is -0.462 e. The number of ketones is 1. The summed E-state index contributed by atoms with van der Waals surface area (Å²) in [7, 11) is 0. The molecule has 0 spiro atoms. The number of esters is 2. The van der Waals surface area contributed by atoms with Crippen molar-refractivity contribution in [3.05, 3.63) is 0 Å². The SMILES string of the molecule is CC(=O)O[C@H]1C[C@H]2CCCC[C@]2(C)[C@H]2C[C@@H](OC(C)=O)[C@]3(C)CCC(=O)[C@@]3(O)[C@H]12. The number of hydrogen-bond acceptors (Lipinski definition) is 6. The van der Waals surface area contributed by atoms with Crippen LogP contribution >= 0.6 is 0 Å². The molecule has 0 aromatic carbocycles. The Balaban J connectivity index is 1.85. The molecule has 4 fully saturated rings. The second-order valence-electron chi connectivity index (χ2n) is 10.4. The first-order valence-electron chi connectivity index (χ1n) is 11.1. The van der Waals surface area contributed by atoms with Crippen molar-refractivity contribution in [3.63, 3.8) is 0 Å². The molecule has 4 saturated carbocycles. The molecule has 0 aliphatic heterocycles. The average Bonchev–Trinajstić information content (AvgIpc) is 2.87. The van der Waals surface area contributed by atoms with Gasteiger partial charge in [0.1, 0.15) is 17.8 Å². The van der Waals surface area contributed by atoms with E-state index in [4.69, 9.17) is 9.47 Å². The van der Waals surface area contributed by atoms with Gasteiger partial charge < -0.3 is 14.6 Å². The molecule has 0 radical (unpaired) electrons. The number of aliphatic hydroxyl groups is 1. The van der Waals surface area contributed by atoms with E-state index in [1.165, 1.54) is 13.8 Å². The zero-order valence-corrected chi connectivity index (χ0v) is 18.0. The lowest BCUT2D eigenvalue weighted by Crippen LogP contribution is -2.71. The van der Waals surface area contributed by atoms with Gasteiger partial charge in [-0.05, 0) is 49.4 Å². The predicted molar refractivity (Wildman–Crippen MR) is 105 cm³/mol. The Morgan fingerprint density at radius 1 is 1.03 bits per heavy atom. The summed E-state index contributed by atoms with van der Waals surface area (Å²) < 4.78 is 11.5. The largest absolute Gasteiger partial charge is 0.462 e. The Hall–Kier alpha value is -1.43. The van der Waals surface area contributed by atoms with Crippen LogP contribution in [0.4, 0.5) is 0 Å². The summed E-state index contributed by atoms with van der Waals surface area (Å²) >= 11 is 0. The second-order valence-corrected chi connectivity index (χ2v) is 10.4. The van der Waals surface area contributed by atoms with E-state index >= 15 is 0 Å². The first-order valence-corrected chi connectivity index (χ1v) is 11.1. The molecule has 4 aliphatic carbocycles. The summed E-state index contributed by atoms with van der Waals surface area (Å²) in [6, 6.07) is 0. The number of ether oxygens (including phenoxy) is 2. The van der Waals surface area contributed by atoms with Crippen molar-refractivity contribution in [2.45, 2.75) is 96.9 Å². The molecule has 0 bridgehead atoms. The van der Waals surface area contributed by atoms with E-state index in [9.17, 15) is 19.5 Å². The average molecular weight is 407 g/mol. The van der Waals surface area contributed by atoms with Crippen LogP contribution < -0.4 is 0 Å². The Morgan fingerprint density at radius 2 is 1.72 bits per heavy atom. The third kappa shape index (κ3) is 2.81. The number of Topliss-reactive ketones (excluding diaryl/α,β-unsaturated/α-hetero) is 1. The van der Waals surface area contributed by atoms with Gasteiger partial charge in [0.05, 0.1) is 0 Å². The molecule has 162 valence electrons. The summed E-state index contributed by atoms with van der Waals surface area (Å²) in [5.74, 6) is -1.04. The molecule has 0 unspecified atom stereocenters. The molecule has 4 aliphatic rings. The molecular weight excluding hydrogens is 372 g/mol. The minimum absolute atomic E-state index is 0.0321. The van der Waals surface area contributed by atoms with Gasteiger partial charge in [-0.15, -0.1) is 0 Å². The van der Waals surface area contributed by atoms with Gasteiger partial charge in [-0.1, -0.05) is 26.7 Å². The smallest absolute Gasteiger partial charge is 0.302 e. The Bertz CT molecular complexity index is 733. The van der Waals surface area contributed by atoms with Crippen molar-refractivity contribution >= 4 is 17.7 Å². The number of rotatable bonds is 2. The van der Waals surface area contributed by atoms with Crippen LogP contribution in [0.1, 0.15) is 79.1 Å². The number of carbonyl (C=O) groups excluding carboxylic acids is 3. The predicted octanol–water partition coefficient (Wildman–Crippen LogP) is 3.19. The van der Waals surface area contributed by atoms with Gasteiger partial charge in [0.2, 0.25) is 0 Å². The van der Waals surface area contributed by atoms with Crippen molar-refractivity contribution < 1.29 is 29.0 Å². The molecule has 4 rings (SSSR count). The minimum atomic E-state index is -1.64. The maximum Gasteiger partial charge on any atom is 0.302 e. The lowest BCUT2D eigenvalue weighted by atomic mass is 9.42. The normalized spacial score (nSPS) is 48.9. The lowest BCUT2D eigenvalue weighted by molar-refractivity contribution is -0.260. The third-order valence-electron chi connectivity index (χ3n) is 9.10. The fourth-order valence-electron chi connectivity index (χ4n) is 7.63. The third-order valence-corrected chi connectivity index (χ3v) is 9.10. The summed E-state index contributed by atoms with van der Waals surface area (Å²) in [6.45, 7) is 6.93. The number of fused-ring (bicyclic) bond motifs is 5. The van der Waals surface area contributed by atoms with E-state index in [-0.39, 0.29) is 35.5 Å². The van der Waals surface area contributed by atoms with Crippen LogP contribution in [0, 0.1) is 28.6 Å². The van der Waals surface area contributed by atoms with Crippen molar-refractivity contribution in [1.82, 2.24) is 0 Å². The molecule has 0 amide bonds. The Kier molecular flexibility index (Phi) is 4.88. The van der Waals surface area contributed by atoms with E-state index in [1.807, 2.05) is 6.92 Å². The maximum atomic E-state index is 13.2. The van der Waals surface area contributed by atoms with Crippen LogP contribution in [0.15, 0.2) is 0 Å². The summed E-state index contributed by atoms with van der Waals surface area (Å²) in [6.07, 6.45) is 5.44. The van der Waals surface area contributed by atoms with E-state index < -0.39 is 29.1 Å². The standard InChI is InChI=1S/C23H34O6/c1-13(24)28-17-11-15-7-5-6-9-21(15,3)16-12-19(29-14(2)25)22(4)10-8-18(26)23(22,27)20(16)17/h15-17,19-20,27H,5-12H2,1-4H3/t15-,16+,17+,19-,20+,21+,22+,23-/m1/s1. The Labute approximate surface area is 172 Å². The van der Waals surface area contributed by atoms with Crippen LogP contribution in [-0.4, -0.2) is 40.6 Å². The van der Waals surface area contributed by atoms with Crippen LogP contribution in [0.3, 0.4) is 0 Å². The lowest BCUT2D eigenvalue weighted by Gasteiger charge is -2.64. The van der Waals surface area contributed by atoms with E-state index in [1.54, 1.807) is 0 Å². The van der Waals surface area contributed by atoms with Gasteiger partial charge in [-0.2, -0.15) is 0 Å². The molecule has 6 heteroatoms. The van der Waals surface area contributed by atoms with Crippen LogP contribution in [0.5, 0.6) is 0 Å². The van der Waals surface area contributed by atoms with Crippen LogP contribution in [-0.2, 0) is 23.9 Å². The molecule has 8 atom stereocenters. The summed E-state index contributed by atoms with van der Waals surface area (Å²) in [5.41, 5.74) is -2.55. The van der Waals surface area contributed by atoms with E-state index in [2.05, 4.69) is 6.92 Å². The highest BCUT2D eigenvalue weighted by molar-refractivity contribution is 5.91. The number of carbonyl (C=O) groups is 3. The molecule has 29 heavy (non-hydrogen) atoms. The van der Waals surface area contributed by atoms with Crippen molar-refractivity contribution in [2.24, 2.45) is 28.6 Å². The monoisotopic (exact) mass is 406 g/mol. The highest BCUT2D eigenvalue weighted by Crippen LogP contribution is 2.67. The Morgan fingerprint density at radius 3 is 2.38 bits per heavy atom. The van der Waals surface area contributed by atoms with Gasteiger partial charge in [0.15, 0.2) is 5.78 Å². The highest BCUT2D eigenvalue weighted by Gasteiger charge is 2.74. The summed E-state index contributed by atoms with van der Waals surface area (Å²) in [4.78, 5) is 37.0. The van der Waals surface area contributed by atoms with Crippen LogP contribution in [0.2, 0.25) is 0 Å². The quantitative estimate of drug-likeness (QED) is 0.709. The van der Waals surface area contributed by atoms with Crippen LogP contribution in [0.25, 0.3) is 0 Å². The second kappa shape index (κ2) is 6.79. The van der Waals surface area contributed by atoms with Crippen molar-refractivity contribution in [1.29, 1.82) is 0 Å². The maximum absolute atomic E-state index is 13.2. The highest BCUT2D eigenvalue weighted by atomic mass is 16.6. The van der Waals surface area contributed by atoms with Gasteiger partial charge in [-0.3, -0.25) is 14.4 Å². The molecule has 6 nitrogen and oxygen atoms in total. The van der Waals surface area contributed by atoms with E-state index in [0.29, 0.717) is 25.2 Å².